The molecule has 1 aromatic heterocycles. The van der Waals surface area contributed by atoms with E-state index >= 15 is 0 Å². The molecule has 0 fully saturated rings. The van der Waals surface area contributed by atoms with Crippen LogP contribution in [0.2, 0.25) is 0 Å². The molecule has 0 saturated carbocycles. The summed E-state index contributed by atoms with van der Waals surface area (Å²) < 4.78 is 2.26. The SMILES string of the molecule is CCN(CC)CCn1c(C(C)Cl)nc2ccccc21. The maximum absolute atomic E-state index is 6.27. The van der Waals surface area contributed by atoms with Crippen LogP contribution in [0, 0.1) is 0 Å². The van der Waals surface area contributed by atoms with Crippen molar-refractivity contribution in [3.63, 3.8) is 0 Å². The first-order valence-corrected chi connectivity index (χ1v) is 7.42. The Labute approximate surface area is 120 Å². The van der Waals surface area contributed by atoms with E-state index in [-0.39, 0.29) is 5.38 Å². The van der Waals surface area contributed by atoms with Gasteiger partial charge in [0.2, 0.25) is 0 Å². The number of para-hydroxylation sites is 2. The minimum absolute atomic E-state index is 0.0656. The lowest BCUT2D eigenvalue weighted by molar-refractivity contribution is 0.290. The van der Waals surface area contributed by atoms with Gasteiger partial charge >= 0.3 is 0 Å². The van der Waals surface area contributed by atoms with Gasteiger partial charge in [0.15, 0.2) is 0 Å². The van der Waals surface area contributed by atoms with Crippen LogP contribution < -0.4 is 0 Å². The summed E-state index contributed by atoms with van der Waals surface area (Å²) in [4.78, 5) is 7.07. The third-order valence-electron chi connectivity index (χ3n) is 3.57. The first kappa shape index (κ1) is 14.4. The smallest absolute Gasteiger partial charge is 0.127 e. The van der Waals surface area contributed by atoms with Crippen LogP contribution in [-0.2, 0) is 6.54 Å². The summed E-state index contributed by atoms with van der Waals surface area (Å²) in [6.45, 7) is 10.5. The van der Waals surface area contributed by atoms with E-state index in [1.54, 1.807) is 0 Å². The van der Waals surface area contributed by atoms with E-state index in [0.29, 0.717) is 0 Å². The lowest BCUT2D eigenvalue weighted by Gasteiger charge is -2.19. The highest BCUT2D eigenvalue weighted by molar-refractivity contribution is 6.20. The van der Waals surface area contributed by atoms with Crippen LogP contribution >= 0.6 is 11.6 Å². The van der Waals surface area contributed by atoms with Crippen LogP contribution in [-0.4, -0.2) is 34.1 Å². The fourth-order valence-electron chi connectivity index (χ4n) is 2.41. The van der Waals surface area contributed by atoms with E-state index in [2.05, 4.69) is 40.4 Å². The van der Waals surface area contributed by atoms with Crippen LogP contribution in [0.5, 0.6) is 0 Å². The van der Waals surface area contributed by atoms with Gasteiger partial charge in [-0.15, -0.1) is 11.6 Å². The number of aromatic nitrogens is 2. The number of benzene rings is 1. The summed E-state index contributed by atoms with van der Waals surface area (Å²) in [7, 11) is 0. The molecule has 4 heteroatoms. The Morgan fingerprint density at radius 3 is 2.58 bits per heavy atom. The molecule has 1 atom stereocenters. The number of hydrogen-bond acceptors (Lipinski definition) is 2. The molecule has 104 valence electrons. The number of likely N-dealkylation sites (N-methyl/N-ethyl adjacent to an activating group) is 1. The average Bonchev–Trinajstić information content (AvgIpc) is 2.79. The Kier molecular flexibility index (Phi) is 4.83. The minimum Gasteiger partial charge on any atom is -0.325 e. The topological polar surface area (TPSA) is 21.1 Å². The van der Waals surface area contributed by atoms with Gasteiger partial charge in [0.05, 0.1) is 16.4 Å². The van der Waals surface area contributed by atoms with Crippen LogP contribution in [0.3, 0.4) is 0 Å². The van der Waals surface area contributed by atoms with Crippen molar-refractivity contribution in [2.45, 2.75) is 32.7 Å². The number of rotatable bonds is 6. The zero-order valence-corrected chi connectivity index (χ0v) is 12.7. The zero-order chi connectivity index (χ0) is 13.8. The van der Waals surface area contributed by atoms with Crippen molar-refractivity contribution in [2.24, 2.45) is 0 Å². The molecule has 0 aliphatic carbocycles. The highest BCUT2D eigenvalue weighted by Gasteiger charge is 2.14. The minimum atomic E-state index is -0.0656. The van der Waals surface area contributed by atoms with Gasteiger partial charge in [0, 0.05) is 13.1 Å². The molecule has 0 bridgehead atoms. The molecule has 0 amide bonds. The Hall–Kier alpha value is -1.06. The summed E-state index contributed by atoms with van der Waals surface area (Å²) in [5.74, 6) is 0.968. The third-order valence-corrected chi connectivity index (χ3v) is 3.77. The van der Waals surface area contributed by atoms with E-state index in [1.807, 2.05) is 19.1 Å². The normalized spacial score (nSPS) is 13.3. The van der Waals surface area contributed by atoms with Crippen molar-refractivity contribution >= 4 is 22.6 Å². The Morgan fingerprint density at radius 1 is 1.26 bits per heavy atom. The maximum Gasteiger partial charge on any atom is 0.127 e. The number of halogens is 1. The van der Waals surface area contributed by atoms with Gasteiger partial charge in [0.25, 0.3) is 0 Å². The van der Waals surface area contributed by atoms with Crippen molar-refractivity contribution < 1.29 is 0 Å². The molecule has 3 nitrogen and oxygen atoms in total. The number of imidazole rings is 1. The van der Waals surface area contributed by atoms with Gasteiger partial charge in [-0.2, -0.15) is 0 Å². The molecule has 1 unspecified atom stereocenters. The molecule has 0 aliphatic heterocycles. The Balaban J connectivity index is 2.31. The van der Waals surface area contributed by atoms with Crippen LogP contribution in [0.25, 0.3) is 11.0 Å². The second-order valence-electron chi connectivity index (χ2n) is 4.75. The fraction of sp³-hybridized carbons (Fsp3) is 0.533. The second-order valence-corrected chi connectivity index (χ2v) is 5.41. The summed E-state index contributed by atoms with van der Waals surface area (Å²) in [6, 6.07) is 8.24. The van der Waals surface area contributed by atoms with Crippen molar-refractivity contribution in [1.82, 2.24) is 14.5 Å². The summed E-state index contributed by atoms with van der Waals surface area (Å²) in [5, 5.41) is -0.0656. The van der Waals surface area contributed by atoms with Gasteiger partial charge in [-0.3, -0.25) is 0 Å². The number of fused-ring (bicyclic) bond motifs is 1. The quantitative estimate of drug-likeness (QED) is 0.752. The van der Waals surface area contributed by atoms with Crippen molar-refractivity contribution in [3.05, 3.63) is 30.1 Å². The highest BCUT2D eigenvalue weighted by atomic mass is 35.5. The molecule has 0 aliphatic rings. The largest absolute Gasteiger partial charge is 0.325 e. The number of hydrogen-bond donors (Lipinski definition) is 0. The monoisotopic (exact) mass is 279 g/mol. The first-order chi connectivity index (χ1) is 9.17. The molecule has 0 N–H and O–H groups in total. The molecule has 2 rings (SSSR count). The summed E-state index contributed by atoms with van der Waals surface area (Å²) >= 11 is 6.27. The molecule has 0 saturated heterocycles. The molecule has 0 spiro atoms. The summed E-state index contributed by atoms with van der Waals surface area (Å²) in [6.07, 6.45) is 0. The number of nitrogens with zero attached hydrogens (tertiary/aromatic N) is 3. The van der Waals surface area contributed by atoms with Crippen molar-refractivity contribution in [2.75, 3.05) is 19.6 Å². The van der Waals surface area contributed by atoms with Crippen LogP contribution in [0.15, 0.2) is 24.3 Å². The van der Waals surface area contributed by atoms with Gasteiger partial charge in [-0.1, -0.05) is 26.0 Å². The molecular weight excluding hydrogens is 258 g/mol. The standard InChI is InChI=1S/C15H22ClN3/c1-4-18(5-2)10-11-19-14-9-7-6-8-13(14)17-15(19)12(3)16/h6-9,12H,4-5,10-11H2,1-3H3. The van der Waals surface area contributed by atoms with E-state index in [0.717, 1.165) is 37.5 Å². The van der Waals surface area contributed by atoms with Crippen LogP contribution in [0.1, 0.15) is 32.0 Å². The van der Waals surface area contributed by atoms with Crippen molar-refractivity contribution in [3.8, 4) is 0 Å². The maximum atomic E-state index is 6.27. The predicted molar refractivity (Wildman–Crippen MR) is 81.8 cm³/mol. The van der Waals surface area contributed by atoms with E-state index in [9.17, 15) is 0 Å². The van der Waals surface area contributed by atoms with Gasteiger partial charge in [-0.05, 0) is 32.1 Å². The zero-order valence-electron chi connectivity index (χ0n) is 11.9. The van der Waals surface area contributed by atoms with Gasteiger partial charge < -0.3 is 9.47 Å². The Morgan fingerprint density at radius 2 is 1.95 bits per heavy atom. The lowest BCUT2D eigenvalue weighted by atomic mass is 10.3. The summed E-state index contributed by atoms with van der Waals surface area (Å²) in [5.41, 5.74) is 2.21. The second kappa shape index (κ2) is 6.40. The van der Waals surface area contributed by atoms with E-state index in [4.69, 9.17) is 11.6 Å². The molecule has 1 heterocycles. The van der Waals surface area contributed by atoms with Crippen LogP contribution in [0.4, 0.5) is 0 Å². The molecule has 0 radical (unpaired) electrons. The molecule has 2 aromatic rings. The van der Waals surface area contributed by atoms with Gasteiger partial charge in [-0.25, -0.2) is 4.98 Å². The van der Waals surface area contributed by atoms with E-state index in [1.165, 1.54) is 5.52 Å². The highest BCUT2D eigenvalue weighted by Crippen LogP contribution is 2.24. The number of alkyl halides is 1. The Bertz CT molecular complexity index is 529. The first-order valence-electron chi connectivity index (χ1n) is 6.99. The fourth-order valence-corrected chi connectivity index (χ4v) is 2.58. The van der Waals surface area contributed by atoms with E-state index < -0.39 is 0 Å². The molecule has 1 aromatic carbocycles. The lowest BCUT2D eigenvalue weighted by Crippen LogP contribution is -2.27. The predicted octanol–water partition coefficient (Wildman–Crippen LogP) is 3.68. The van der Waals surface area contributed by atoms with Gasteiger partial charge in [0.1, 0.15) is 5.82 Å². The molecule has 19 heavy (non-hydrogen) atoms. The molecular formula is C15H22ClN3. The third kappa shape index (κ3) is 3.10. The van der Waals surface area contributed by atoms with Crippen molar-refractivity contribution in [1.29, 1.82) is 0 Å². The average molecular weight is 280 g/mol.